The van der Waals surface area contributed by atoms with Crippen LogP contribution in [0.1, 0.15) is 56.6 Å². The summed E-state index contributed by atoms with van der Waals surface area (Å²) >= 11 is 0. The Balaban J connectivity index is 1.62. The van der Waals surface area contributed by atoms with Gasteiger partial charge in [0.15, 0.2) is 0 Å². The van der Waals surface area contributed by atoms with E-state index < -0.39 is 0 Å². The molecule has 1 aromatic rings. The van der Waals surface area contributed by atoms with Crippen LogP contribution in [0.15, 0.2) is 24.3 Å². The fourth-order valence-electron chi connectivity index (χ4n) is 4.23. The molecule has 0 radical (unpaired) electrons. The molecule has 1 fully saturated rings. The average Bonchev–Trinajstić information content (AvgIpc) is 2.61. The molecule has 1 heterocycles. The number of aliphatic hydroxyl groups is 1. The third-order valence-corrected chi connectivity index (χ3v) is 5.81. The molecule has 2 amide bonds. The lowest BCUT2D eigenvalue weighted by Crippen LogP contribution is -2.47. The van der Waals surface area contributed by atoms with E-state index in [1.165, 1.54) is 11.1 Å². The number of carbonyl (C=O) groups is 1. The lowest BCUT2D eigenvalue weighted by atomic mass is 9.69. The Morgan fingerprint density at radius 1 is 1.33 bits per heavy atom. The minimum atomic E-state index is 0.0236. The lowest BCUT2D eigenvalue weighted by Gasteiger charge is -2.38. The van der Waals surface area contributed by atoms with E-state index in [1.807, 2.05) is 4.90 Å². The van der Waals surface area contributed by atoms with Crippen molar-refractivity contribution in [2.75, 3.05) is 26.2 Å². The van der Waals surface area contributed by atoms with Crippen LogP contribution in [-0.4, -0.2) is 42.3 Å². The summed E-state index contributed by atoms with van der Waals surface area (Å²) in [6.07, 6.45) is 4.27. The largest absolute Gasteiger partial charge is 0.396 e. The number of urea groups is 1. The number of carbonyl (C=O) groups excluding carboxylic acids is 1. The van der Waals surface area contributed by atoms with Gasteiger partial charge in [-0.3, -0.25) is 0 Å². The van der Waals surface area contributed by atoms with E-state index in [4.69, 9.17) is 0 Å². The summed E-state index contributed by atoms with van der Waals surface area (Å²) in [6, 6.07) is 8.70. The number of benzene rings is 1. The van der Waals surface area contributed by atoms with Crippen molar-refractivity contribution in [1.29, 1.82) is 0 Å². The highest BCUT2D eigenvalue weighted by molar-refractivity contribution is 5.74. The van der Waals surface area contributed by atoms with Gasteiger partial charge >= 0.3 is 6.03 Å². The smallest absolute Gasteiger partial charge is 0.317 e. The number of nitrogens with one attached hydrogen (secondary N) is 1. The van der Waals surface area contributed by atoms with Crippen LogP contribution in [0.3, 0.4) is 0 Å². The van der Waals surface area contributed by atoms with E-state index in [9.17, 15) is 9.90 Å². The fourth-order valence-corrected chi connectivity index (χ4v) is 4.23. The van der Waals surface area contributed by atoms with Gasteiger partial charge < -0.3 is 15.3 Å². The van der Waals surface area contributed by atoms with Gasteiger partial charge in [-0.1, -0.05) is 38.1 Å². The second-order valence-electron chi connectivity index (χ2n) is 8.03. The number of rotatable bonds is 3. The molecule has 1 saturated heterocycles. The number of hydrogen-bond donors (Lipinski definition) is 2. The molecule has 1 aliphatic heterocycles. The molecular formula is C20H30N2O2. The van der Waals surface area contributed by atoms with Gasteiger partial charge in [-0.05, 0) is 48.1 Å². The van der Waals surface area contributed by atoms with Crippen LogP contribution in [0.25, 0.3) is 0 Å². The molecule has 2 atom stereocenters. The van der Waals surface area contributed by atoms with Crippen LogP contribution in [0.2, 0.25) is 0 Å². The molecule has 0 aromatic heterocycles. The molecule has 1 aromatic carbocycles. The quantitative estimate of drug-likeness (QED) is 0.894. The Hall–Kier alpha value is -1.55. The van der Waals surface area contributed by atoms with Crippen LogP contribution < -0.4 is 5.32 Å². The Labute approximate surface area is 145 Å². The Morgan fingerprint density at radius 3 is 2.92 bits per heavy atom. The van der Waals surface area contributed by atoms with Crippen LogP contribution in [0, 0.1) is 5.92 Å². The highest BCUT2D eigenvalue weighted by atomic mass is 16.3. The number of amides is 2. The second kappa shape index (κ2) is 7.14. The van der Waals surface area contributed by atoms with Gasteiger partial charge in [0.1, 0.15) is 0 Å². The second-order valence-corrected chi connectivity index (χ2v) is 8.03. The molecule has 4 nitrogen and oxygen atoms in total. The van der Waals surface area contributed by atoms with E-state index in [-0.39, 0.29) is 24.0 Å². The third kappa shape index (κ3) is 3.59. The highest BCUT2D eigenvalue weighted by Crippen LogP contribution is 2.42. The maximum absolute atomic E-state index is 12.5. The van der Waals surface area contributed by atoms with Crippen molar-refractivity contribution in [1.82, 2.24) is 10.2 Å². The zero-order chi connectivity index (χ0) is 17.2. The summed E-state index contributed by atoms with van der Waals surface area (Å²) < 4.78 is 0. The van der Waals surface area contributed by atoms with Crippen LogP contribution in [-0.2, 0) is 5.41 Å². The standard InChI is InChI=1S/C20H30N2O2/c1-20(2)10-9-16(17-7-3-4-8-18(17)20)12-21-19(24)22-11-5-6-15(13-22)14-23/h3-4,7-8,15-16,23H,5-6,9-14H2,1-2H3,(H,21,24). The molecule has 4 heteroatoms. The molecular weight excluding hydrogens is 300 g/mol. The van der Waals surface area contributed by atoms with E-state index >= 15 is 0 Å². The highest BCUT2D eigenvalue weighted by Gasteiger charge is 2.32. The van der Waals surface area contributed by atoms with E-state index in [2.05, 4.69) is 43.4 Å². The van der Waals surface area contributed by atoms with E-state index in [0.29, 0.717) is 19.0 Å². The lowest BCUT2D eigenvalue weighted by molar-refractivity contribution is 0.129. The first kappa shape index (κ1) is 17.3. The zero-order valence-electron chi connectivity index (χ0n) is 14.9. The Bertz CT molecular complexity index is 585. The van der Waals surface area contributed by atoms with Crippen molar-refractivity contribution < 1.29 is 9.90 Å². The van der Waals surface area contributed by atoms with Gasteiger partial charge in [0.2, 0.25) is 0 Å². The van der Waals surface area contributed by atoms with Crippen molar-refractivity contribution in [2.24, 2.45) is 5.92 Å². The first-order valence-electron chi connectivity index (χ1n) is 9.24. The van der Waals surface area contributed by atoms with E-state index in [0.717, 1.165) is 32.2 Å². The fraction of sp³-hybridized carbons (Fsp3) is 0.650. The van der Waals surface area contributed by atoms with E-state index in [1.54, 1.807) is 0 Å². The predicted molar refractivity (Wildman–Crippen MR) is 96.2 cm³/mol. The van der Waals surface area contributed by atoms with Gasteiger partial charge in [0.05, 0.1) is 0 Å². The van der Waals surface area contributed by atoms with Gasteiger partial charge in [-0.15, -0.1) is 0 Å². The molecule has 0 saturated carbocycles. The normalized spacial score (nSPS) is 25.9. The van der Waals surface area contributed by atoms with Gasteiger partial charge in [0, 0.05) is 32.2 Å². The first-order valence-corrected chi connectivity index (χ1v) is 9.24. The first-order chi connectivity index (χ1) is 11.5. The Kier molecular flexibility index (Phi) is 5.14. The van der Waals surface area contributed by atoms with Crippen molar-refractivity contribution in [3.63, 3.8) is 0 Å². The number of aliphatic hydroxyl groups excluding tert-OH is 1. The summed E-state index contributed by atoms with van der Waals surface area (Å²) in [5.41, 5.74) is 3.04. The van der Waals surface area contributed by atoms with Crippen molar-refractivity contribution in [3.05, 3.63) is 35.4 Å². The molecule has 24 heavy (non-hydrogen) atoms. The minimum absolute atomic E-state index is 0.0236. The molecule has 2 aliphatic rings. The summed E-state index contributed by atoms with van der Waals surface area (Å²) in [7, 11) is 0. The third-order valence-electron chi connectivity index (χ3n) is 5.81. The number of nitrogens with zero attached hydrogens (tertiary/aromatic N) is 1. The maximum Gasteiger partial charge on any atom is 0.317 e. The molecule has 0 bridgehead atoms. The number of hydrogen-bond acceptors (Lipinski definition) is 2. The molecule has 3 rings (SSSR count). The molecule has 0 spiro atoms. The van der Waals surface area contributed by atoms with Gasteiger partial charge in [0.25, 0.3) is 0 Å². The SMILES string of the molecule is CC1(C)CCC(CNC(=O)N2CCCC(CO)C2)c2ccccc21. The molecule has 1 aliphatic carbocycles. The average molecular weight is 330 g/mol. The van der Waals surface area contributed by atoms with Crippen molar-refractivity contribution in [2.45, 2.75) is 50.9 Å². The number of fused-ring (bicyclic) bond motifs is 1. The minimum Gasteiger partial charge on any atom is -0.396 e. The molecule has 132 valence electrons. The summed E-state index contributed by atoms with van der Waals surface area (Å²) in [6.45, 7) is 6.97. The van der Waals surface area contributed by atoms with Crippen molar-refractivity contribution >= 4 is 6.03 Å². The summed E-state index contributed by atoms with van der Waals surface area (Å²) in [4.78, 5) is 14.3. The molecule has 2 unspecified atom stereocenters. The topological polar surface area (TPSA) is 52.6 Å². The Morgan fingerprint density at radius 2 is 2.12 bits per heavy atom. The molecule has 2 N–H and O–H groups in total. The van der Waals surface area contributed by atoms with Crippen LogP contribution in [0.5, 0.6) is 0 Å². The van der Waals surface area contributed by atoms with Crippen LogP contribution >= 0.6 is 0 Å². The number of piperidine rings is 1. The predicted octanol–water partition coefficient (Wildman–Crippen LogP) is 3.26. The zero-order valence-corrected chi connectivity index (χ0v) is 14.9. The van der Waals surface area contributed by atoms with Gasteiger partial charge in [-0.25, -0.2) is 4.79 Å². The summed E-state index contributed by atoms with van der Waals surface area (Å²) in [5, 5.41) is 12.5. The van der Waals surface area contributed by atoms with Gasteiger partial charge in [-0.2, -0.15) is 0 Å². The van der Waals surface area contributed by atoms with Crippen LogP contribution in [0.4, 0.5) is 4.79 Å². The van der Waals surface area contributed by atoms with Crippen molar-refractivity contribution in [3.8, 4) is 0 Å². The number of likely N-dealkylation sites (tertiary alicyclic amines) is 1. The monoisotopic (exact) mass is 330 g/mol. The summed E-state index contributed by atoms with van der Waals surface area (Å²) in [5.74, 6) is 0.636. The maximum atomic E-state index is 12.5.